The third kappa shape index (κ3) is 3.80. The van der Waals surface area contributed by atoms with Gasteiger partial charge in [0, 0.05) is 29.0 Å². The number of nitrogens with one attached hydrogen (secondary N) is 1. The summed E-state index contributed by atoms with van der Waals surface area (Å²) in [5.41, 5.74) is 7.54. The van der Waals surface area contributed by atoms with Crippen molar-refractivity contribution < 1.29 is 4.39 Å². The monoisotopic (exact) mass is 456 g/mol. The number of nitrogens with zero attached hydrogens (tertiary/aromatic N) is 3. The van der Waals surface area contributed by atoms with Gasteiger partial charge in [-0.15, -0.1) is 0 Å². The molecule has 0 aliphatic carbocycles. The third-order valence-corrected chi connectivity index (χ3v) is 6.60. The lowest BCUT2D eigenvalue weighted by Crippen LogP contribution is -2.29. The minimum atomic E-state index is -0.271. The molecule has 33 heavy (non-hydrogen) atoms. The largest absolute Gasteiger partial charge is 0.351 e. The Morgan fingerprint density at radius 3 is 2.27 bits per heavy atom. The summed E-state index contributed by atoms with van der Waals surface area (Å²) in [6.45, 7) is 6.35. The summed E-state index contributed by atoms with van der Waals surface area (Å²) in [4.78, 5) is 6.70. The van der Waals surface area contributed by atoms with E-state index in [0.717, 1.165) is 34.0 Å². The number of thiocarbonyl (C=S) groups is 1. The summed E-state index contributed by atoms with van der Waals surface area (Å²) < 4.78 is 16.0. The molecular weight excluding hydrogens is 431 g/mol. The molecule has 1 N–H and O–H groups in total. The molecule has 0 spiro atoms. The van der Waals surface area contributed by atoms with E-state index >= 15 is 0 Å². The first-order valence-electron chi connectivity index (χ1n) is 11.0. The number of hydrogen-bond acceptors (Lipinski definition) is 2. The Labute approximate surface area is 198 Å². The Morgan fingerprint density at radius 2 is 1.61 bits per heavy atom. The van der Waals surface area contributed by atoms with E-state index in [1.54, 1.807) is 18.3 Å². The lowest BCUT2D eigenvalue weighted by molar-refractivity contribution is 0.565. The first-order valence-corrected chi connectivity index (χ1v) is 11.4. The van der Waals surface area contributed by atoms with Gasteiger partial charge < -0.3 is 14.8 Å². The lowest BCUT2D eigenvalue weighted by Gasteiger charge is -2.28. The zero-order chi connectivity index (χ0) is 23.1. The molecule has 4 aromatic rings. The first-order chi connectivity index (χ1) is 15.9. The van der Waals surface area contributed by atoms with Crippen LogP contribution in [-0.2, 0) is 0 Å². The highest BCUT2D eigenvalue weighted by molar-refractivity contribution is 7.80. The van der Waals surface area contributed by atoms with Crippen molar-refractivity contribution in [3.63, 3.8) is 0 Å². The zero-order valence-corrected chi connectivity index (χ0v) is 19.6. The van der Waals surface area contributed by atoms with Crippen LogP contribution in [0.4, 0.5) is 10.1 Å². The Bertz CT molecular complexity index is 1300. The van der Waals surface area contributed by atoms with Crippen LogP contribution in [0.2, 0.25) is 0 Å². The standard InChI is InChI=1S/C27H25FN4S/c1-17-7-11-21(12-8-17)31-18(2)16-23(19(31)3)26-25(24-6-4-5-15-29-24)30-27(33)32(26)22-13-9-20(28)10-14-22/h4-16,25-26H,1-3H3,(H,30,33)/t25-,26-/m0/s1. The molecule has 0 bridgehead atoms. The minimum Gasteiger partial charge on any atom is -0.351 e. The van der Waals surface area contributed by atoms with Crippen LogP contribution >= 0.6 is 12.2 Å². The zero-order valence-electron chi connectivity index (χ0n) is 18.8. The normalized spacial score (nSPS) is 17.9. The summed E-state index contributed by atoms with van der Waals surface area (Å²) in [5, 5.41) is 4.08. The minimum absolute atomic E-state index is 0.136. The number of halogens is 1. The van der Waals surface area contributed by atoms with Crippen LogP contribution in [0.15, 0.2) is 79.0 Å². The van der Waals surface area contributed by atoms with Crippen molar-refractivity contribution in [1.29, 1.82) is 0 Å². The smallest absolute Gasteiger partial charge is 0.174 e. The van der Waals surface area contributed by atoms with Gasteiger partial charge in [-0.25, -0.2) is 4.39 Å². The Balaban J connectivity index is 1.67. The second-order valence-electron chi connectivity index (χ2n) is 8.47. The molecule has 0 amide bonds. The molecule has 0 radical (unpaired) electrons. The van der Waals surface area contributed by atoms with Gasteiger partial charge in [0.2, 0.25) is 0 Å². The molecule has 5 rings (SSSR count). The van der Waals surface area contributed by atoms with Gasteiger partial charge in [0.05, 0.1) is 17.8 Å². The van der Waals surface area contributed by atoms with Crippen molar-refractivity contribution >= 4 is 23.0 Å². The summed E-state index contributed by atoms with van der Waals surface area (Å²) in [5.74, 6) is -0.271. The molecule has 166 valence electrons. The van der Waals surface area contributed by atoms with Crippen molar-refractivity contribution in [2.45, 2.75) is 32.9 Å². The Hall–Kier alpha value is -3.51. The molecular formula is C27H25FN4S. The first kappa shape index (κ1) is 21.3. The molecule has 0 saturated carbocycles. The van der Waals surface area contributed by atoms with Gasteiger partial charge in [-0.1, -0.05) is 23.8 Å². The highest BCUT2D eigenvalue weighted by Crippen LogP contribution is 2.43. The second kappa shape index (κ2) is 8.45. The molecule has 1 fully saturated rings. The van der Waals surface area contributed by atoms with Gasteiger partial charge in [0.15, 0.2) is 5.11 Å². The fourth-order valence-electron chi connectivity index (χ4n) is 4.73. The Morgan fingerprint density at radius 1 is 0.909 bits per heavy atom. The quantitative estimate of drug-likeness (QED) is 0.376. The summed E-state index contributed by atoms with van der Waals surface area (Å²) >= 11 is 5.79. The van der Waals surface area contributed by atoms with E-state index in [-0.39, 0.29) is 17.9 Å². The highest BCUT2D eigenvalue weighted by Gasteiger charge is 2.42. The van der Waals surface area contributed by atoms with E-state index in [4.69, 9.17) is 12.2 Å². The topological polar surface area (TPSA) is 33.1 Å². The number of aromatic nitrogens is 2. The maximum Gasteiger partial charge on any atom is 0.174 e. The lowest BCUT2D eigenvalue weighted by atomic mass is 9.96. The van der Waals surface area contributed by atoms with Gasteiger partial charge in [-0.05, 0) is 93.1 Å². The van der Waals surface area contributed by atoms with Gasteiger partial charge in [0.25, 0.3) is 0 Å². The molecule has 1 aliphatic rings. The second-order valence-corrected chi connectivity index (χ2v) is 8.86. The molecule has 4 nitrogen and oxygen atoms in total. The van der Waals surface area contributed by atoms with Crippen LogP contribution in [0.1, 0.15) is 40.3 Å². The van der Waals surface area contributed by atoms with Crippen molar-refractivity contribution in [1.82, 2.24) is 14.9 Å². The van der Waals surface area contributed by atoms with Gasteiger partial charge in [-0.3, -0.25) is 4.98 Å². The van der Waals surface area contributed by atoms with Gasteiger partial charge in [-0.2, -0.15) is 0 Å². The van der Waals surface area contributed by atoms with Crippen LogP contribution in [-0.4, -0.2) is 14.7 Å². The number of aryl methyl sites for hydroxylation is 2. The number of anilines is 1. The van der Waals surface area contributed by atoms with E-state index in [1.165, 1.54) is 17.7 Å². The van der Waals surface area contributed by atoms with E-state index in [0.29, 0.717) is 5.11 Å². The fourth-order valence-corrected chi connectivity index (χ4v) is 5.07. The van der Waals surface area contributed by atoms with Crippen molar-refractivity contribution in [3.8, 4) is 5.69 Å². The summed E-state index contributed by atoms with van der Waals surface area (Å²) in [7, 11) is 0. The van der Waals surface area contributed by atoms with Crippen molar-refractivity contribution in [3.05, 3.63) is 113 Å². The van der Waals surface area contributed by atoms with Gasteiger partial charge in [0.1, 0.15) is 5.82 Å². The fraction of sp³-hybridized carbons (Fsp3) is 0.185. The molecule has 3 heterocycles. The summed E-state index contributed by atoms with van der Waals surface area (Å²) in [6.07, 6.45) is 1.80. The summed E-state index contributed by atoms with van der Waals surface area (Å²) in [6, 6.07) is 22.9. The predicted octanol–water partition coefficient (Wildman–Crippen LogP) is 6.11. The van der Waals surface area contributed by atoms with E-state index in [9.17, 15) is 4.39 Å². The van der Waals surface area contributed by atoms with E-state index in [2.05, 4.69) is 70.9 Å². The van der Waals surface area contributed by atoms with Crippen LogP contribution in [0.25, 0.3) is 5.69 Å². The van der Waals surface area contributed by atoms with E-state index < -0.39 is 0 Å². The molecule has 1 aliphatic heterocycles. The molecule has 0 unspecified atom stereocenters. The average molecular weight is 457 g/mol. The van der Waals surface area contributed by atoms with Crippen LogP contribution < -0.4 is 10.2 Å². The van der Waals surface area contributed by atoms with E-state index in [1.807, 2.05) is 18.2 Å². The van der Waals surface area contributed by atoms with Crippen LogP contribution in [0, 0.1) is 26.6 Å². The number of pyridine rings is 1. The van der Waals surface area contributed by atoms with Crippen molar-refractivity contribution in [2.24, 2.45) is 0 Å². The number of hydrogen-bond donors (Lipinski definition) is 1. The molecule has 2 atom stereocenters. The van der Waals surface area contributed by atoms with Crippen LogP contribution in [0.3, 0.4) is 0 Å². The molecule has 2 aromatic heterocycles. The van der Waals surface area contributed by atoms with Crippen LogP contribution in [0.5, 0.6) is 0 Å². The Kier molecular flexibility index (Phi) is 5.46. The maximum atomic E-state index is 13.7. The molecule has 6 heteroatoms. The third-order valence-electron chi connectivity index (χ3n) is 6.28. The molecule has 2 aromatic carbocycles. The SMILES string of the molecule is Cc1ccc(-n2c(C)cc([C@H]3[C@H](c4ccccn4)NC(=S)N3c3ccc(F)cc3)c2C)cc1. The number of rotatable bonds is 4. The highest BCUT2D eigenvalue weighted by atomic mass is 32.1. The maximum absolute atomic E-state index is 13.7. The average Bonchev–Trinajstić information content (AvgIpc) is 3.31. The predicted molar refractivity (Wildman–Crippen MR) is 134 cm³/mol. The van der Waals surface area contributed by atoms with Crippen molar-refractivity contribution in [2.75, 3.05) is 4.90 Å². The molecule has 1 saturated heterocycles. The number of benzene rings is 2. The van der Waals surface area contributed by atoms with Gasteiger partial charge >= 0.3 is 0 Å².